The molecule has 0 N–H and O–H groups in total. The van der Waals surface area contributed by atoms with Crippen LogP contribution in [0.3, 0.4) is 0 Å². The lowest BCUT2D eigenvalue weighted by atomic mass is 10.2. The van der Waals surface area contributed by atoms with Crippen molar-refractivity contribution in [2.24, 2.45) is 0 Å². The number of amides is 2. The highest BCUT2D eigenvalue weighted by Gasteiger charge is 2.42. The first kappa shape index (κ1) is 18.9. The molecule has 0 spiro atoms. The molecule has 2 aliphatic heterocycles. The van der Waals surface area contributed by atoms with E-state index in [1.807, 2.05) is 6.07 Å². The van der Waals surface area contributed by atoms with Crippen LogP contribution in [0.25, 0.3) is 10.6 Å². The molecule has 0 aromatic carbocycles. The third kappa shape index (κ3) is 3.60. The molecular formula is C18H17F3N4O2S. The lowest BCUT2D eigenvalue weighted by Gasteiger charge is -2.21. The van der Waals surface area contributed by atoms with Crippen molar-refractivity contribution in [3.63, 3.8) is 0 Å². The van der Waals surface area contributed by atoms with Gasteiger partial charge in [-0.3, -0.25) is 14.5 Å². The maximum Gasteiger partial charge on any atom is 0.471 e. The van der Waals surface area contributed by atoms with Gasteiger partial charge in [0.1, 0.15) is 10.8 Å². The normalized spacial score (nSPS) is 17.6. The van der Waals surface area contributed by atoms with Crippen molar-refractivity contribution in [1.29, 1.82) is 0 Å². The molecule has 4 heterocycles. The molecule has 2 amide bonds. The average Bonchev–Trinajstić information content (AvgIpc) is 3.22. The SMILES string of the molecule is O=C1CCCN1c1ccc(-c2nc3c(s2)CCN(C(=O)C(F)(F)F)CC3)cn1. The fourth-order valence-electron chi connectivity index (χ4n) is 3.43. The number of pyridine rings is 1. The van der Waals surface area contributed by atoms with Gasteiger partial charge in [-0.1, -0.05) is 0 Å². The quantitative estimate of drug-likeness (QED) is 0.764. The number of hydrogen-bond acceptors (Lipinski definition) is 5. The predicted octanol–water partition coefficient (Wildman–Crippen LogP) is 2.82. The second-order valence-electron chi connectivity index (χ2n) is 6.73. The molecule has 4 rings (SSSR count). The molecule has 0 bridgehead atoms. The number of alkyl halides is 3. The van der Waals surface area contributed by atoms with E-state index in [2.05, 4.69) is 9.97 Å². The van der Waals surface area contributed by atoms with Crippen molar-refractivity contribution < 1.29 is 22.8 Å². The molecule has 28 heavy (non-hydrogen) atoms. The van der Waals surface area contributed by atoms with Gasteiger partial charge in [-0.05, 0) is 18.6 Å². The lowest BCUT2D eigenvalue weighted by molar-refractivity contribution is -0.185. The number of nitrogens with zero attached hydrogens (tertiary/aromatic N) is 4. The molecule has 10 heteroatoms. The molecule has 1 saturated heterocycles. The molecule has 0 atom stereocenters. The van der Waals surface area contributed by atoms with Crippen LogP contribution in [0.5, 0.6) is 0 Å². The monoisotopic (exact) mass is 410 g/mol. The molecular weight excluding hydrogens is 393 g/mol. The number of thiazole rings is 1. The van der Waals surface area contributed by atoms with E-state index in [0.29, 0.717) is 31.6 Å². The van der Waals surface area contributed by atoms with Crippen molar-refractivity contribution >= 4 is 29.0 Å². The van der Waals surface area contributed by atoms with Gasteiger partial charge in [-0.25, -0.2) is 9.97 Å². The van der Waals surface area contributed by atoms with Crippen LogP contribution in [0.15, 0.2) is 18.3 Å². The zero-order chi connectivity index (χ0) is 19.9. The van der Waals surface area contributed by atoms with E-state index in [4.69, 9.17) is 0 Å². The molecule has 0 aliphatic carbocycles. The number of carbonyl (C=O) groups is 2. The number of fused-ring (bicyclic) bond motifs is 1. The molecule has 2 aromatic rings. The Morgan fingerprint density at radius 2 is 1.89 bits per heavy atom. The van der Waals surface area contributed by atoms with Gasteiger partial charge in [-0.2, -0.15) is 13.2 Å². The second-order valence-corrected chi connectivity index (χ2v) is 7.82. The fourth-order valence-corrected chi connectivity index (χ4v) is 4.52. The highest BCUT2D eigenvalue weighted by atomic mass is 32.1. The van der Waals surface area contributed by atoms with Gasteiger partial charge in [0.25, 0.3) is 0 Å². The van der Waals surface area contributed by atoms with Gasteiger partial charge in [0.05, 0.1) is 5.69 Å². The van der Waals surface area contributed by atoms with E-state index in [0.717, 1.165) is 32.5 Å². The Hall–Kier alpha value is -2.49. The molecule has 0 radical (unpaired) electrons. The van der Waals surface area contributed by atoms with Crippen LogP contribution in [0.1, 0.15) is 23.4 Å². The maximum atomic E-state index is 12.6. The van der Waals surface area contributed by atoms with E-state index >= 15 is 0 Å². The first-order chi connectivity index (χ1) is 13.3. The average molecular weight is 410 g/mol. The summed E-state index contributed by atoms with van der Waals surface area (Å²) in [6.45, 7) is 0.702. The molecule has 2 aliphatic rings. The number of rotatable bonds is 2. The summed E-state index contributed by atoms with van der Waals surface area (Å²) in [5.41, 5.74) is 1.54. The molecule has 1 fully saturated rings. The number of carbonyl (C=O) groups excluding carboxylic acids is 2. The van der Waals surface area contributed by atoms with Gasteiger partial charge >= 0.3 is 12.1 Å². The maximum absolute atomic E-state index is 12.6. The zero-order valence-corrected chi connectivity index (χ0v) is 15.6. The Labute approximate surface area is 163 Å². The molecule has 148 valence electrons. The minimum atomic E-state index is -4.85. The predicted molar refractivity (Wildman–Crippen MR) is 97.0 cm³/mol. The zero-order valence-electron chi connectivity index (χ0n) is 14.8. The minimum Gasteiger partial charge on any atom is -0.334 e. The largest absolute Gasteiger partial charge is 0.471 e. The van der Waals surface area contributed by atoms with Crippen molar-refractivity contribution in [2.45, 2.75) is 31.9 Å². The highest BCUT2D eigenvalue weighted by Crippen LogP contribution is 2.32. The van der Waals surface area contributed by atoms with Crippen LogP contribution in [-0.2, 0) is 22.4 Å². The number of anilines is 1. The van der Waals surface area contributed by atoms with E-state index in [-0.39, 0.29) is 19.0 Å². The van der Waals surface area contributed by atoms with Crippen molar-refractivity contribution in [3.8, 4) is 10.6 Å². The topological polar surface area (TPSA) is 66.4 Å². The Bertz CT molecular complexity index is 885. The fraction of sp³-hybridized carbons (Fsp3) is 0.444. The van der Waals surface area contributed by atoms with Crippen molar-refractivity contribution in [3.05, 3.63) is 28.9 Å². The van der Waals surface area contributed by atoms with Crippen LogP contribution in [0.2, 0.25) is 0 Å². The highest BCUT2D eigenvalue weighted by molar-refractivity contribution is 7.15. The van der Waals surface area contributed by atoms with Gasteiger partial charge in [0, 0.05) is 55.5 Å². The van der Waals surface area contributed by atoms with Gasteiger partial charge in [0.2, 0.25) is 5.91 Å². The molecule has 2 aromatic heterocycles. The smallest absolute Gasteiger partial charge is 0.334 e. The second kappa shape index (κ2) is 7.16. The minimum absolute atomic E-state index is 0.00275. The summed E-state index contributed by atoms with van der Waals surface area (Å²) in [7, 11) is 0. The Kier molecular flexibility index (Phi) is 4.82. The van der Waals surface area contributed by atoms with Crippen molar-refractivity contribution in [1.82, 2.24) is 14.9 Å². The first-order valence-corrected chi connectivity index (χ1v) is 9.76. The van der Waals surface area contributed by atoms with Crippen LogP contribution < -0.4 is 4.90 Å². The van der Waals surface area contributed by atoms with Crippen LogP contribution in [0.4, 0.5) is 19.0 Å². The summed E-state index contributed by atoms with van der Waals surface area (Å²) < 4.78 is 37.9. The molecule has 0 saturated carbocycles. The van der Waals surface area contributed by atoms with Crippen LogP contribution >= 0.6 is 11.3 Å². The first-order valence-electron chi connectivity index (χ1n) is 8.94. The van der Waals surface area contributed by atoms with Crippen molar-refractivity contribution in [2.75, 3.05) is 24.5 Å². The summed E-state index contributed by atoms with van der Waals surface area (Å²) in [5.74, 6) is -1.11. The van der Waals surface area contributed by atoms with Crippen LogP contribution in [0, 0.1) is 0 Å². The summed E-state index contributed by atoms with van der Waals surface area (Å²) in [4.78, 5) is 35.6. The van der Waals surface area contributed by atoms with E-state index in [1.54, 1.807) is 17.2 Å². The van der Waals surface area contributed by atoms with Gasteiger partial charge in [-0.15, -0.1) is 11.3 Å². The Balaban J connectivity index is 1.48. The van der Waals surface area contributed by atoms with E-state index in [1.165, 1.54) is 11.3 Å². The number of hydrogen-bond donors (Lipinski definition) is 0. The summed E-state index contributed by atoms with van der Waals surface area (Å²) in [6, 6.07) is 3.64. The van der Waals surface area contributed by atoms with E-state index < -0.39 is 12.1 Å². The molecule has 6 nitrogen and oxygen atoms in total. The molecule has 0 unspecified atom stereocenters. The lowest BCUT2D eigenvalue weighted by Crippen LogP contribution is -2.42. The van der Waals surface area contributed by atoms with Gasteiger partial charge in [0.15, 0.2) is 0 Å². The third-order valence-corrected chi connectivity index (χ3v) is 6.09. The van der Waals surface area contributed by atoms with E-state index in [9.17, 15) is 22.8 Å². The third-order valence-electron chi connectivity index (χ3n) is 4.88. The number of aromatic nitrogens is 2. The Morgan fingerprint density at radius 1 is 1.11 bits per heavy atom. The summed E-state index contributed by atoms with van der Waals surface area (Å²) in [5, 5.41) is 0.743. The number of halogens is 3. The standard InChI is InChI=1S/C18H17F3N4O2S/c19-18(20,21)17(27)24-8-5-12-13(6-9-24)28-16(23-12)11-3-4-14(22-10-11)25-7-1-2-15(25)26/h3-4,10H,1-2,5-9H2. The summed E-state index contributed by atoms with van der Waals surface area (Å²) in [6.07, 6.45) is -1.17. The van der Waals surface area contributed by atoms with Gasteiger partial charge < -0.3 is 4.90 Å². The Morgan fingerprint density at radius 3 is 2.54 bits per heavy atom. The van der Waals surface area contributed by atoms with Crippen LogP contribution in [-0.4, -0.2) is 52.5 Å². The summed E-state index contributed by atoms with van der Waals surface area (Å²) >= 11 is 1.41.